The second-order valence-electron chi connectivity index (χ2n) is 6.32. The van der Waals surface area contributed by atoms with Crippen LogP contribution in [-0.2, 0) is 4.79 Å². The number of fused-ring (bicyclic) bond motifs is 3. The molecule has 0 aliphatic carbocycles. The topological polar surface area (TPSA) is 84.2 Å². The van der Waals surface area contributed by atoms with Crippen molar-refractivity contribution in [3.63, 3.8) is 0 Å². The average molecular weight is 382 g/mol. The summed E-state index contributed by atoms with van der Waals surface area (Å²) in [7, 11) is 4.52. The fourth-order valence-electron chi connectivity index (χ4n) is 3.56. The van der Waals surface area contributed by atoms with Crippen molar-refractivity contribution in [1.29, 1.82) is 0 Å². The molecule has 0 saturated carbocycles. The number of para-hydroxylation sites is 1. The van der Waals surface area contributed by atoms with Crippen LogP contribution in [0.3, 0.4) is 0 Å². The maximum absolute atomic E-state index is 12.8. The monoisotopic (exact) mass is 382 g/mol. The van der Waals surface area contributed by atoms with Crippen LogP contribution in [0.15, 0.2) is 45.6 Å². The van der Waals surface area contributed by atoms with Gasteiger partial charge in [0.15, 0.2) is 17.2 Å². The van der Waals surface area contributed by atoms with E-state index in [9.17, 15) is 9.59 Å². The third-order valence-electron chi connectivity index (χ3n) is 4.82. The summed E-state index contributed by atoms with van der Waals surface area (Å²) in [6, 6.07) is 10.4. The number of ether oxygens (including phenoxy) is 4. The van der Waals surface area contributed by atoms with Gasteiger partial charge in [-0.15, -0.1) is 0 Å². The van der Waals surface area contributed by atoms with Gasteiger partial charge in [0.05, 0.1) is 38.7 Å². The lowest BCUT2D eigenvalue weighted by Crippen LogP contribution is -2.26. The first kappa shape index (κ1) is 17.9. The first-order valence-corrected chi connectivity index (χ1v) is 8.63. The van der Waals surface area contributed by atoms with Crippen molar-refractivity contribution in [2.45, 2.75) is 12.3 Å². The second-order valence-corrected chi connectivity index (χ2v) is 6.32. The molecule has 1 unspecified atom stereocenters. The standard InChI is InChI=1S/C21H18O7/c1-24-15-8-11(9-16(25-2)20(15)26-3)13-10-17(22)28-19-12-6-4-5-7-14(12)27-21(23)18(13)19/h4-9,13H,10H2,1-3H3. The van der Waals surface area contributed by atoms with Crippen molar-refractivity contribution >= 4 is 16.9 Å². The molecule has 0 amide bonds. The van der Waals surface area contributed by atoms with Crippen molar-refractivity contribution in [3.8, 4) is 23.0 Å². The lowest BCUT2D eigenvalue weighted by atomic mass is 9.86. The van der Waals surface area contributed by atoms with E-state index in [0.29, 0.717) is 39.3 Å². The molecule has 144 valence electrons. The van der Waals surface area contributed by atoms with Gasteiger partial charge in [-0.25, -0.2) is 4.79 Å². The predicted octanol–water partition coefficient (Wildman–Crippen LogP) is 3.26. The van der Waals surface area contributed by atoms with Gasteiger partial charge in [-0.1, -0.05) is 12.1 Å². The molecule has 0 bridgehead atoms. The van der Waals surface area contributed by atoms with E-state index < -0.39 is 17.5 Å². The quantitative estimate of drug-likeness (QED) is 0.506. The Morgan fingerprint density at radius 1 is 0.964 bits per heavy atom. The maximum Gasteiger partial charge on any atom is 0.343 e. The summed E-state index contributed by atoms with van der Waals surface area (Å²) >= 11 is 0. The number of methoxy groups -OCH3 is 3. The summed E-state index contributed by atoms with van der Waals surface area (Å²) < 4.78 is 27.1. The van der Waals surface area contributed by atoms with Gasteiger partial charge in [-0.05, 0) is 29.8 Å². The van der Waals surface area contributed by atoms with Crippen LogP contribution < -0.4 is 24.6 Å². The Morgan fingerprint density at radius 2 is 1.64 bits per heavy atom. The lowest BCUT2D eigenvalue weighted by Gasteiger charge is -2.25. The fourth-order valence-corrected chi connectivity index (χ4v) is 3.56. The summed E-state index contributed by atoms with van der Waals surface area (Å²) in [5.74, 6) is 0.539. The van der Waals surface area contributed by atoms with E-state index in [1.807, 2.05) is 0 Å². The Kier molecular flexibility index (Phi) is 4.43. The fraction of sp³-hybridized carbons (Fsp3) is 0.238. The molecule has 0 saturated heterocycles. The van der Waals surface area contributed by atoms with Gasteiger partial charge >= 0.3 is 11.6 Å². The first-order chi connectivity index (χ1) is 13.6. The molecule has 4 rings (SSSR count). The average Bonchev–Trinajstić information content (AvgIpc) is 2.71. The van der Waals surface area contributed by atoms with Crippen molar-refractivity contribution in [2.24, 2.45) is 0 Å². The minimum Gasteiger partial charge on any atom is -0.493 e. The molecule has 0 fully saturated rings. The molecule has 2 heterocycles. The van der Waals surface area contributed by atoms with Crippen LogP contribution in [0.4, 0.5) is 0 Å². The summed E-state index contributed by atoms with van der Waals surface area (Å²) in [6.45, 7) is 0. The SMILES string of the molecule is COc1cc(C2CC(=O)Oc3c2c(=O)oc2ccccc32)cc(OC)c1OC. The third-order valence-corrected chi connectivity index (χ3v) is 4.82. The highest BCUT2D eigenvalue weighted by atomic mass is 16.5. The molecular formula is C21H18O7. The molecule has 2 aromatic carbocycles. The molecule has 1 aliphatic rings. The van der Waals surface area contributed by atoms with Gasteiger partial charge in [-0.3, -0.25) is 4.79 Å². The van der Waals surface area contributed by atoms with Crippen LogP contribution in [0.25, 0.3) is 11.0 Å². The number of rotatable bonds is 4. The first-order valence-electron chi connectivity index (χ1n) is 8.63. The zero-order valence-corrected chi connectivity index (χ0v) is 15.6. The minimum atomic E-state index is -0.564. The van der Waals surface area contributed by atoms with E-state index in [-0.39, 0.29) is 12.2 Å². The molecule has 28 heavy (non-hydrogen) atoms. The molecule has 7 nitrogen and oxygen atoms in total. The highest BCUT2D eigenvalue weighted by Gasteiger charge is 2.34. The molecule has 0 spiro atoms. The third kappa shape index (κ3) is 2.76. The molecule has 1 aromatic heterocycles. The molecular weight excluding hydrogens is 364 g/mol. The van der Waals surface area contributed by atoms with Crippen molar-refractivity contribution in [3.05, 3.63) is 57.9 Å². The number of esters is 1. The van der Waals surface area contributed by atoms with E-state index in [1.165, 1.54) is 21.3 Å². The Bertz CT molecular complexity index is 1100. The summed E-state index contributed by atoms with van der Waals surface area (Å²) in [5.41, 5.74) is 0.784. The highest BCUT2D eigenvalue weighted by Crippen LogP contribution is 2.45. The van der Waals surface area contributed by atoms with Gasteiger partial charge in [-0.2, -0.15) is 0 Å². The Labute approximate surface area is 160 Å². The minimum absolute atomic E-state index is 0.00522. The molecule has 1 atom stereocenters. The van der Waals surface area contributed by atoms with Crippen LogP contribution in [0.2, 0.25) is 0 Å². The van der Waals surface area contributed by atoms with Gasteiger partial charge in [0.25, 0.3) is 0 Å². The summed E-state index contributed by atoms with van der Waals surface area (Å²) in [6.07, 6.45) is -0.00522. The van der Waals surface area contributed by atoms with E-state index in [1.54, 1.807) is 36.4 Å². The Morgan fingerprint density at radius 3 is 2.29 bits per heavy atom. The number of carbonyl (C=O) groups excluding carboxylic acids is 1. The van der Waals surface area contributed by atoms with E-state index in [0.717, 1.165) is 0 Å². The summed E-state index contributed by atoms with van der Waals surface area (Å²) in [4.78, 5) is 25.1. The van der Waals surface area contributed by atoms with Gasteiger partial charge in [0, 0.05) is 5.92 Å². The van der Waals surface area contributed by atoms with Crippen LogP contribution in [0, 0.1) is 0 Å². The molecule has 0 radical (unpaired) electrons. The normalized spacial score (nSPS) is 15.7. The zero-order valence-electron chi connectivity index (χ0n) is 15.6. The molecule has 3 aromatic rings. The second kappa shape index (κ2) is 6.92. The maximum atomic E-state index is 12.8. The number of hydrogen-bond acceptors (Lipinski definition) is 7. The largest absolute Gasteiger partial charge is 0.493 e. The van der Waals surface area contributed by atoms with Gasteiger partial charge in [0.1, 0.15) is 5.58 Å². The smallest absolute Gasteiger partial charge is 0.343 e. The molecule has 0 N–H and O–H groups in total. The molecule has 1 aliphatic heterocycles. The summed E-state index contributed by atoms with van der Waals surface area (Å²) in [5, 5.41) is 0.572. The van der Waals surface area contributed by atoms with Crippen LogP contribution in [-0.4, -0.2) is 27.3 Å². The Hall–Kier alpha value is -3.48. The highest BCUT2D eigenvalue weighted by molar-refractivity contribution is 5.90. The van der Waals surface area contributed by atoms with E-state index in [2.05, 4.69) is 0 Å². The lowest BCUT2D eigenvalue weighted by molar-refractivity contribution is -0.135. The number of benzene rings is 2. The van der Waals surface area contributed by atoms with Gasteiger partial charge in [0.2, 0.25) is 5.75 Å². The predicted molar refractivity (Wildman–Crippen MR) is 101 cm³/mol. The van der Waals surface area contributed by atoms with E-state index >= 15 is 0 Å². The van der Waals surface area contributed by atoms with Crippen molar-refractivity contribution in [2.75, 3.05) is 21.3 Å². The zero-order chi connectivity index (χ0) is 19.8. The number of carbonyl (C=O) groups is 1. The van der Waals surface area contributed by atoms with Crippen molar-refractivity contribution < 1.29 is 28.2 Å². The van der Waals surface area contributed by atoms with E-state index in [4.69, 9.17) is 23.4 Å². The number of hydrogen-bond donors (Lipinski definition) is 0. The van der Waals surface area contributed by atoms with Crippen LogP contribution in [0.1, 0.15) is 23.5 Å². The van der Waals surface area contributed by atoms with Crippen LogP contribution >= 0.6 is 0 Å². The van der Waals surface area contributed by atoms with Crippen molar-refractivity contribution in [1.82, 2.24) is 0 Å². The van der Waals surface area contributed by atoms with Gasteiger partial charge < -0.3 is 23.4 Å². The Balaban J connectivity index is 1.98. The molecule has 7 heteroatoms. The van der Waals surface area contributed by atoms with Crippen LogP contribution in [0.5, 0.6) is 23.0 Å².